The summed E-state index contributed by atoms with van der Waals surface area (Å²) in [4.78, 5) is 36.8. The minimum Gasteiger partial charge on any atom is -0.480 e. The van der Waals surface area contributed by atoms with E-state index < -0.39 is 22.9 Å². The summed E-state index contributed by atoms with van der Waals surface area (Å²) in [7, 11) is 0. The molecule has 2 aromatic rings. The Bertz CT molecular complexity index is 1010. The van der Waals surface area contributed by atoms with Crippen LogP contribution in [0, 0.1) is 6.92 Å². The molecule has 134 valence electrons. The van der Waals surface area contributed by atoms with Gasteiger partial charge >= 0.3 is 11.9 Å². The van der Waals surface area contributed by atoms with E-state index in [0.29, 0.717) is 17.0 Å². The van der Waals surface area contributed by atoms with Gasteiger partial charge in [-0.15, -0.1) is 0 Å². The van der Waals surface area contributed by atoms with Gasteiger partial charge in [0.15, 0.2) is 0 Å². The molecule has 1 heterocycles. The van der Waals surface area contributed by atoms with Gasteiger partial charge in [-0.1, -0.05) is 35.9 Å². The Hall–Kier alpha value is -3.35. The first-order valence-corrected chi connectivity index (χ1v) is 8.01. The fourth-order valence-corrected chi connectivity index (χ4v) is 3.44. The van der Waals surface area contributed by atoms with Gasteiger partial charge in [0.1, 0.15) is 5.41 Å². The fraction of sp³-hybridized carbons (Fsp3) is 0.211. The highest BCUT2D eigenvalue weighted by Gasteiger charge is 2.49. The van der Waals surface area contributed by atoms with E-state index in [4.69, 9.17) is 0 Å². The van der Waals surface area contributed by atoms with E-state index in [1.165, 1.54) is 16.8 Å². The van der Waals surface area contributed by atoms with Crippen LogP contribution < -0.4 is 5.56 Å². The lowest BCUT2D eigenvalue weighted by molar-refractivity contribution is -0.142. The predicted octanol–water partition coefficient (Wildman–Crippen LogP) is 2.16. The molecule has 0 saturated heterocycles. The van der Waals surface area contributed by atoms with E-state index in [2.05, 4.69) is 5.10 Å². The minimum atomic E-state index is -1.72. The molecule has 7 heteroatoms. The number of rotatable bonds is 4. The number of nitrogens with one attached hydrogen (secondary N) is 1. The zero-order valence-corrected chi connectivity index (χ0v) is 14.3. The summed E-state index contributed by atoms with van der Waals surface area (Å²) in [5, 5.41) is 22.3. The molecule has 0 spiro atoms. The number of aromatic amines is 1. The number of aryl methyl sites for hydroxylation is 1. The number of nitrogens with zero attached hydrogens (tertiary/aromatic N) is 1. The van der Waals surface area contributed by atoms with Crippen LogP contribution in [-0.2, 0) is 15.0 Å². The Kier molecular flexibility index (Phi) is 4.15. The van der Waals surface area contributed by atoms with Crippen LogP contribution in [0.1, 0.15) is 24.6 Å². The number of aromatic nitrogens is 2. The van der Waals surface area contributed by atoms with E-state index in [1.807, 2.05) is 6.07 Å². The Morgan fingerprint density at radius 3 is 2.35 bits per heavy atom. The SMILES string of the molecule is CC1=CC=C(C(=O)O)CC1(C(=O)O)c1c(C)[nH]n(-c2ccccc2)c1=O. The Morgan fingerprint density at radius 2 is 1.77 bits per heavy atom. The van der Waals surface area contributed by atoms with Crippen LogP contribution in [0.2, 0.25) is 0 Å². The molecule has 1 aromatic heterocycles. The maximum absolute atomic E-state index is 13.1. The number of allylic oxidation sites excluding steroid dienone is 2. The molecule has 1 unspecified atom stereocenters. The zero-order valence-electron chi connectivity index (χ0n) is 14.3. The van der Waals surface area contributed by atoms with Crippen molar-refractivity contribution in [3.63, 3.8) is 0 Å². The molecule has 1 atom stereocenters. The van der Waals surface area contributed by atoms with Crippen molar-refractivity contribution in [3.8, 4) is 5.69 Å². The Balaban J connectivity index is 2.27. The molecule has 0 bridgehead atoms. The highest BCUT2D eigenvalue weighted by Crippen LogP contribution is 2.41. The minimum absolute atomic E-state index is 0.0504. The number of H-pyrrole nitrogens is 1. The van der Waals surface area contributed by atoms with Crippen LogP contribution in [-0.4, -0.2) is 31.9 Å². The lowest BCUT2D eigenvalue weighted by Crippen LogP contribution is -2.43. The largest absolute Gasteiger partial charge is 0.480 e. The van der Waals surface area contributed by atoms with Crippen molar-refractivity contribution in [2.75, 3.05) is 0 Å². The van der Waals surface area contributed by atoms with Crippen LogP contribution in [0.25, 0.3) is 5.69 Å². The molecule has 26 heavy (non-hydrogen) atoms. The molecule has 0 amide bonds. The number of carboxylic acids is 2. The smallest absolute Gasteiger partial charge is 0.331 e. The number of hydrogen-bond donors (Lipinski definition) is 3. The second kappa shape index (κ2) is 6.18. The Morgan fingerprint density at radius 1 is 1.12 bits per heavy atom. The highest BCUT2D eigenvalue weighted by atomic mass is 16.4. The van der Waals surface area contributed by atoms with E-state index >= 15 is 0 Å². The summed E-state index contributed by atoms with van der Waals surface area (Å²) in [6.45, 7) is 3.22. The van der Waals surface area contributed by atoms with Gasteiger partial charge < -0.3 is 10.2 Å². The summed E-state index contributed by atoms with van der Waals surface area (Å²) in [6, 6.07) is 8.78. The average Bonchev–Trinajstić information content (AvgIpc) is 2.91. The molecule has 0 aliphatic heterocycles. The van der Waals surface area contributed by atoms with Crippen molar-refractivity contribution in [2.24, 2.45) is 0 Å². The van der Waals surface area contributed by atoms with Gasteiger partial charge in [-0.05, 0) is 26.0 Å². The van der Waals surface area contributed by atoms with Gasteiger partial charge in [-0.2, -0.15) is 0 Å². The Labute approximate surface area is 148 Å². The molecule has 1 aliphatic carbocycles. The highest BCUT2D eigenvalue weighted by molar-refractivity contribution is 5.93. The molecule has 3 rings (SSSR count). The molecule has 1 aromatic carbocycles. The number of para-hydroxylation sites is 1. The lowest BCUT2D eigenvalue weighted by atomic mass is 9.68. The predicted molar refractivity (Wildman–Crippen MR) is 94.5 cm³/mol. The number of carbonyl (C=O) groups is 2. The standard InChI is InChI=1S/C19H18N2O5/c1-11-8-9-13(17(23)24)10-19(11,18(25)26)15-12(2)20-21(16(15)22)14-6-4-3-5-7-14/h3-9,20H,10H2,1-2H3,(H,23,24)(H,25,26). The van der Waals surface area contributed by atoms with Gasteiger partial charge in [-0.3, -0.25) is 14.7 Å². The third-order valence-electron chi connectivity index (χ3n) is 4.82. The third-order valence-corrected chi connectivity index (χ3v) is 4.82. The molecule has 3 N–H and O–H groups in total. The third kappa shape index (κ3) is 2.48. The molecule has 7 nitrogen and oxygen atoms in total. The molecular weight excluding hydrogens is 336 g/mol. The van der Waals surface area contributed by atoms with Gasteiger partial charge in [-0.25, -0.2) is 9.48 Å². The molecular formula is C19H18N2O5. The van der Waals surface area contributed by atoms with Crippen molar-refractivity contribution < 1.29 is 19.8 Å². The molecule has 0 saturated carbocycles. The van der Waals surface area contributed by atoms with Crippen molar-refractivity contribution >= 4 is 11.9 Å². The summed E-state index contributed by atoms with van der Waals surface area (Å²) >= 11 is 0. The van der Waals surface area contributed by atoms with Gasteiger partial charge in [0.2, 0.25) is 0 Å². The van der Waals surface area contributed by atoms with Crippen molar-refractivity contribution in [2.45, 2.75) is 25.7 Å². The summed E-state index contributed by atoms with van der Waals surface area (Å²) in [5.41, 5.74) is -0.858. The van der Waals surface area contributed by atoms with Gasteiger partial charge in [0, 0.05) is 17.7 Å². The van der Waals surface area contributed by atoms with E-state index in [1.54, 1.807) is 38.1 Å². The second-order valence-corrected chi connectivity index (χ2v) is 6.32. The summed E-state index contributed by atoms with van der Waals surface area (Å²) in [6.07, 6.45) is 2.55. The van der Waals surface area contributed by atoms with Crippen LogP contribution in [0.3, 0.4) is 0 Å². The lowest BCUT2D eigenvalue weighted by Gasteiger charge is -2.32. The van der Waals surface area contributed by atoms with Gasteiger partial charge in [0.25, 0.3) is 5.56 Å². The first-order chi connectivity index (χ1) is 12.3. The van der Waals surface area contributed by atoms with Crippen molar-refractivity contribution in [3.05, 3.63) is 75.2 Å². The first kappa shape index (κ1) is 17.5. The molecule has 1 aliphatic rings. The monoisotopic (exact) mass is 354 g/mol. The van der Waals surface area contributed by atoms with Crippen LogP contribution >= 0.6 is 0 Å². The molecule has 0 fully saturated rings. The van der Waals surface area contributed by atoms with Crippen LogP contribution in [0.15, 0.2) is 58.4 Å². The average molecular weight is 354 g/mol. The number of carboxylic acid groups (broad SMARTS) is 2. The summed E-state index contributed by atoms with van der Waals surface area (Å²) < 4.78 is 1.28. The topological polar surface area (TPSA) is 112 Å². The van der Waals surface area contributed by atoms with E-state index in [0.717, 1.165) is 0 Å². The van der Waals surface area contributed by atoms with E-state index in [-0.39, 0.29) is 17.6 Å². The fourth-order valence-electron chi connectivity index (χ4n) is 3.44. The van der Waals surface area contributed by atoms with Crippen molar-refractivity contribution in [1.82, 2.24) is 9.78 Å². The maximum Gasteiger partial charge on any atom is 0.331 e. The van der Waals surface area contributed by atoms with Crippen LogP contribution in [0.4, 0.5) is 0 Å². The number of hydrogen-bond acceptors (Lipinski definition) is 3. The zero-order chi connectivity index (χ0) is 19.1. The normalized spacial score (nSPS) is 19.6. The van der Waals surface area contributed by atoms with E-state index in [9.17, 15) is 24.6 Å². The second-order valence-electron chi connectivity index (χ2n) is 6.32. The van der Waals surface area contributed by atoms with Crippen molar-refractivity contribution in [1.29, 1.82) is 0 Å². The number of aliphatic carboxylic acids is 2. The first-order valence-electron chi connectivity index (χ1n) is 8.01. The molecule has 0 radical (unpaired) electrons. The quantitative estimate of drug-likeness (QED) is 0.779. The maximum atomic E-state index is 13.1. The summed E-state index contributed by atoms with van der Waals surface area (Å²) in [5.74, 6) is -2.45. The van der Waals surface area contributed by atoms with Crippen LogP contribution in [0.5, 0.6) is 0 Å². The number of benzene rings is 1. The van der Waals surface area contributed by atoms with Gasteiger partial charge in [0.05, 0.1) is 11.3 Å².